The van der Waals surface area contributed by atoms with Gasteiger partial charge in [0.15, 0.2) is 11.6 Å². The molecule has 0 saturated carbocycles. The van der Waals surface area contributed by atoms with Gasteiger partial charge in [0.05, 0.1) is 0 Å². The van der Waals surface area contributed by atoms with Crippen LogP contribution in [0.25, 0.3) is 0 Å². The van der Waals surface area contributed by atoms with Crippen molar-refractivity contribution in [3.8, 4) is 0 Å². The SMILES string of the molecule is CCCCCC[n+]1nc(C)sc1C.[I-]. The number of hydrogen-bond donors (Lipinski definition) is 0. The quantitative estimate of drug-likeness (QED) is 0.410. The van der Waals surface area contributed by atoms with Crippen LogP contribution in [-0.2, 0) is 6.54 Å². The minimum atomic E-state index is 0. The molecule has 0 spiro atoms. The molecule has 0 aromatic carbocycles. The highest BCUT2D eigenvalue weighted by Crippen LogP contribution is 2.05. The average molecular weight is 326 g/mol. The Kier molecular flexibility index (Phi) is 7.72. The highest BCUT2D eigenvalue weighted by molar-refractivity contribution is 7.10. The van der Waals surface area contributed by atoms with Crippen LogP contribution < -0.4 is 28.7 Å². The Balaban J connectivity index is 0.00000169. The Hall–Kier alpha value is 0.290. The van der Waals surface area contributed by atoms with Gasteiger partial charge in [-0.3, -0.25) is 0 Å². The Labute approximate surface area is 108 Å². The van der Waals surface area contributed by atoms with Gasteiger partial charge in [0.1, 0.15) is 0 Å². The lowest BCUT2D eigenvalue weighted by molar-refractivity contribution is -0.754. The summed E-state index contributed by atoms with van der Waals surface area (Å²) in [6.07, 6.45) is 5.25. The average Bonchev–Trinajstić information content (AvgIpc) is 2.39. The molecule has 14 heavy (non-hydrogen) atoms. The number of aromatic nitrogens is 2. The van der Waals surface area contributed by atoms with Gasteiger partial charge in [-0.1, -0.05) is 35.8 Å². The summed E-state index contributed by atoms with van der Waals surface area (Å²) < 4.78 is 2.13. The summed E-state index contributed by atoms with van der Waals surface area (Å²) in [5, 5.41) is 6.94. The molecule has 4 heteroatoms. The molecular formula is C10H19IN2S. The lowest BCUT2D eigenvalue weighted by Crippen LogP contribution is -3.00. The van der Waals surface area contributed by atoms with E-state index in [-0.39, 0.29) is 24.0 Å². The van der Waals surface area contributed by atoms with E-state index in [1.165, 1.54) is 35.7 Å². The third-order valence-electron chi connectivity index (χ3n) is 2.14. The number of halogens is 1. The Morgan fingerprint density at radius 2 is 1.93 bits per heavy atom. The number of unbranched alkanes of at least 4 members (excludes halogenated alkanes) is 3. The predicted molar refractivity (Wildman–Crippen MR) is 55.9 cm³/mol. The molecule has 1 aromatic rings. The van der Waals surface area contributed by atoms with Gasteiger partial charge in [-0.25, -0.2) is 0 Å². The lowest BCUT2D eigenvalue weighted by atomic mass is 10.2. The van der Waals surface area contributed by atoms with Crippen LogP contribution in [0.3, 0.4) is 0 Å². The molecule has 2 nitrogen and oxygen atoms in total. The van der Waals surface area contributed by atoms with Gasteiger partial charge in [0.25, 0.3) is 5.01 Å². The molecule has 0 N–H and O–H groups in total. The van der Waals surface area contributed by atoms with Gasteiger partial charge in [0, 0.05) is 18.4 Å². The highest BCUT2D eigenvalue weighted by Gasteiger charge is 2.11. The summed E-state index contributed by atoms with van der Waals surface area (Å²) in [5.41, 5.74) is 0. The summed E-state index contributed by atoms with van der Waals surface area (Å²) in [5.74, 6) is 0. The van der Waals surface area contributed by atoms with Crippen LogP contribution in [-0.4, -0.2) is 5.10 Å². The Morgan fingerprint density at radius 1 is 1.21 bits per heavy atom. The summed E-state index contributed by atoms with van der Waals surface area (Å²) in [4.78, 5) is 0. The van der Waals surface area contributed by atoms with E-state index in [1.54, 1.807) is 11.3 Å². The molecule has 1 aromatic heterocycles. The lowest BCUT2D eigenvalue weighted by Gasteiger charge is -1.93. The molecule has 0 aliphatic heterocycles. The van der Waals surface area contributed by atoms with Crippen molar-refractivity contribution in [2.75, 3.05) is 0 Å². The van der Waals surface area contributed by atoms with Crippen molar-refractivity contribution >= 4 is 11.3 Å². The van der Waals surface area contributed by atoms with Crippen molar-refractivity contribution in [2.45, 2.75) is 53.0 Å². The number of aryl methyl sites for hydroxylation is 3. The molecule has 0 bridgehead atoms. The first kappa shape index (κ1) is 14.3. The van der Waals surface area contributed by atoms with E-state index in [0.29, 0.717) is 0 Å². The summed E-state index contributed by atoms with van der Waals surface area (Å²) in [6.45, 7) is 7.55. The maximum Gasteiger partial charge on any atom is 0.262 e. The molecule has 0 fully saturated rings. The largest absolute Gasteiger partial charge is 1.00 e. The number of nitrogens with zero attached hydrogens (tertiary/aromatic N) is 2. The number of hydrogen-bond acceptors (Lipinski definition) is 2. The van der Waals surface area contributed by atoms with E-state index in [0.717, 1.165) is 6.54 Å². The Bertz CT molecular complexity index is 261. The third kappa shape index (κ3) is 4.68. The van der Waals surface area contributed by atoms with Crippen molar-refractivity contribution < 1.29 is 28.7 Å². The molecule has 0 aliphatic rings. The van der Waals surface area contributed by atoms with Crippen molar-refractivity contribution in [1.29, 1.82) is 0 Å². The zero-order chi connectivity index (χ0) is 9.68. The van der Waals surface area contributed by atoms with Crippen molar-refractivity contribution in [3.05, 3.63) is 10.0 Å². The fourth-order valence-electron chi connectivity index (χ4n) is 1.42. The summed E-state index contributed by atoms with van der Waals surface area (Å²) in [6, 6.07) is 0. The van der Waals surface area contributed by atoms with Crippen LogP contribution in [0.4, 0.5) is 0 Å². The number of rotatable bonds is 5. The van der Waals surface area contributed by atoms with E-state index in [9.17, 15) is 0 Å². The second-order valence-electron chi connectivity index (χ2n) is 3.42. The minimum Gasteiger partial charge on any atom is -1.00 e. The van der Waals surface area contributed by atoms with Crippen molar-refractivity contribution in [3.63, 3.8) is 0 Å². The Morgan fingerprint density at radius 3 is 2.43 bits per heavy atom. The van der Waals surface area contributed by atoms with Crippen LogP contribution in [0.1, 0.15) is 42.6 Å². The van der Waals surface area contributed by atoms with Gasteiger partial charge >= 0.3 is 0 Å². The third-order valence-corrected chi connectivity index (χ3v) is 3.03. The molecule has 1 rings (SSSR count). The minimum absolute atomic E-state index is 0. The van der Waals surface area contributed by atoms with Gasteiger partial charge in [-0.2, -0.15) is 0 Å². The van der Waals surface area contributed by atoms with Gasteiger partial charge in [-0.05, 0) is 13.3 Å². The monoisotopic (exact) mass is 326 g/mol. The van der Waals surface area contributed by atoms with Crippen LogP contribution in [0.5, 0.6) is 0 Å². The van der Waals surface area contributed by atoms with Gasteiger partial charge in [-0.15, -0.1) is 0 Å². The van der Waals surface area contributed by atoms with E-state index >= 15 is 0 Å². The second-order valence-corrected chi connectivity index (χ2v) is 4.81. The topological polar surface area (TPSA) is 16.8 Å². The molecule has 0 aliphatic carbocycles. The van der Waals surface area contributed by atoms with Crippen LogP contribution in [0.15, 0.2) is 0 Å². The second kappa shape index (κ2) is 7.56. The van der Waals surface area contributed by atoms with E-state index in [2.05, 4.69) is 30.6 Å². The molecule has 0 amide bonds. The molecular weight excluding hydrogens is 307 g/mol. The van der Waals surface area contributed by atoms with Gasteiger partial charge in [0.2, 0.25) is 0 Å². The molecule has 0 atom stereocenters. The smallest absolute Gasteiger partial charge is 0.262 e. The zero-order valence-corrected chi connectivity index (χ0v) is 12.2. The highest BCUT2D eigenvalue weighted by atomic mass is 127. The standard InChI is InChI=1S/C10H19N2S.HI/c1-4-5-6-7-8-12-10(3)13-9(2)11-12;/h4-8H2,1-3H3;1H/q+1;/p-1. The molecule has 0 saturated heterocycles. The van der Waals surface area contributed by atoms with E-state index in [1.807, 2.05) is 0 Å². The first-order valence-corrected chi connectivity index (χ1v) is 5.90. The zero-order valence-electron chi connectivity index (χ0n) is 9.22. The van der Waals surface area contributed by atoms with Gasteiger partial charge < -0.3 is 24.0 Å². The first-order valence-electron chi connectivity index (χ1n) is 5.08. The van der Waals surface area contributed by atoms with E-state index < -0.39 is 0 Å². The van der Waals surface area contributed by atoms with Crippen molar-refractivity contribution in [1.82, 2.24) is 5.10 Å². The predicted octanol–water partition coefficient (Wildman–Crippen LogP) is -0.368. The summed E-state index contributed by atoms with van der Waals surface area (Å²) >= 11 is 1.78. The fourth-order valence-corrected chi connectivity index (χ4v) is 2.23. The summed E-state index contributed by atoms with van der Waals surface area (Å²) in [7, 11) is 0. The van der Waals surface area contributed by atoms with Crippen molar-refractivity contribution in [2.24, 2.45) is 0 Å². The molecule has 82 valence electrons. The fraction of sp³-hybridized carbons (Fsp3) is 0.800. The molecule has 0 unspecified atom stereocenters. The van der Waals surface area contributed by atoms with Crippen LogP contribution >= 0.6 is 11.3 Å². The normalized spacial score (nSPS) is 9.93. The molecule has 0 radical (unpaired) electrons. The van der Waals surface area contributed by atoms with E-state index in [4.69, 9.17) is 0 Å². The van der Waals surface area contributed by atoms with Crippen LogP contribution in [0, 0.1) is 13.8 Å². The maximum atomic E-state index is 4.44. The first-order chi connectivity index (χ1) is 6.24. The maximum absolute atomic E-state index is 4.44. The molecule has 1 heterocycles. The van der Waals surface area contributed by atoms with Crippen LogP contribution in [0.2, 0.25) is 0 Å².